The number of amides is 1. The van der Waals surface area contributed by atoms with Crippen molar-refractivity contribution >= 4 is 23.2 Å². The molecule has 0 spiro atoms. The lowest BCUT2D eigenvalue weighted by molar-refractivity contribution is -0.0303. The second kappa shape index (κ2) is 4.44. The summed E-state index contributed by atoms with van der Waals surface area (Å²) in [7, 11) is 0. The van der Waals surface area contributed by atoms with E-state index in [9.17, 15) is 4.79 Å². The molecule has 0 saturated carbocycles. The molecular formula is C13H15ClN2O2. The van der Waals surface area contributed by atoms with Gasteiger partial charge in [-0.25, -0.2) is 0 Å². The molecule has 96 valence electrons. The zero-order chi connectivity index (χ0) is 12.7. The van der Waals surface area contributed by atoms with Crippen molar-refractivity contribution in [3.05, 3.63) is 28.8 Å². The number of nitrogens with two attached hydrogens (primary N) is 1. The Hall–Kier alpha value is -1.26. The molecule has 2 fully saturated rings. The van der Waals surface area contributed by atoms with Crippen LogP contribution in [0.25, 0.3) is 0 Å². The Morgan fingerprint density at radius 2 is 2.00 bits per heavy atom. The Kier molecular flexibility index (Phi) is 2.92. The molecular weight excluding hydrogens is 252 g/mol. The average molecular weight is 267 g/mol. The van der Waals surface area contributed by atoms with Crippen molar-refractivity contribution < 1.29 is 9.53 Å². The highest BCUT2D eigenvalue weighted by Gasteiger charge is 2.36. The number of morpholine rings is 1. The van der Waals surface area contributed by atoms with Gasteiger partial charge in [0.1, 0.15) is 0 Å². The van der Waals surface area contributed by atoms with Gasteiger partial charge in [0.15, 0.2) is 0 Å². The van der Waals surface area contributed by atoms with Crippen LogP contribution in [0.3, 0.4) is 0 Å². The Labute approximate surface area is 111 Å². The Balaban J connectivity index is 1.84. The quantitative estimate of drug-likeness (QED) is 0.790. The summed E-state index contributed by atoms with van der Waals surface area (Å²) in [4.78, 5) is 14.3. The van der Waals surface area contributed by atoms with Crippen LogP contribution in [0, 0.1) is 0 Å². The maximum Gasteiger partial charge on any atom is 0.256 e. The molecule has 2 aliphatic rings. The number of fused-ring (bicyclic) bond motifs is 2. The summed E-state index contributed by atoms with van der Waals surface area (Å²) in [6.45, 7) is 1.31. The van der Waals surface area contributed by atoms with E-state index in [0.717, 1.165) is 12.8 Å². The van der Waals surface area contributed by atoms with Crippen LogP contribution in [0.5, 0.6) is 0 Å². The number of likely N-dealkylation sites (tertiary alicyclic amines) is 1. The van der Waals surface area contributed by atoms with Crippen LogP contribution in [-0.2, 0) is 4.74 Å². The molecule has 1 amide bonds. The molecule has 2 bridgehead atoms. The molecule has 4 nitrogen and oxygen atoms in total. The molecule has 2 saturated heterocycles. The summed E-state index contributed by atoms with van der Waals surface area (Å²) in [5.41, 5.74) is 6.72. The zero-order valence-corrected chi connectivity index (χ0v) is 10.7. The number of nitrogens with zero attached hydrogens (tertiary/aromatic N) is 1. The smallest absolute Gasteiger partial charge is 0.256 e. The summed E-state index contributed by atoms with van der Waals surface area (Å²) in [6, 6.07) is 5.17. The lowest BCUT2D eigenvalue weighted by Crippen LogP contribution is -2.46. The second-order valence-electron chi connectivity index (χ2n) is 4.87. The molecule has 18 heavy (non-hydrogen) atoms. The summed E-state index contributed by atoms with van der Waals surface area (Å²) in [5.74, 6) is -0.0461. The van der Waals surface area contributed by atoms with Gasteiger partial charge < -0.3 is 15.4 Å². The lowest BCUT2D eigenvalue weighted by atomic mass is 10.1. The van der Waals surface area contributed by atoms with Gasteiger partial charge >= 0.3 is 0 Å². The van der Waals surface area contributed by atoms with Gasteiger partial charge in [-0.2, -0.15) is 0 Å². The Morgan fingerprint density at radius 1 is 1.33 bits per heavy atom. The SMILES string of the molecule is Nc1c(Cl)cccc1C(=O)N1CC2CCC(C1)O2. The first kappa shape index (κ1) is 11.8. The van der Waals surface area contributed by atoms with Crippen LogP contribution in [0.2, 0.25) is 5.02 Å². The first-order chi connectivity index (χ1) is 8.65. The van der Waals surface area contributed by atoms with Crippen molar-refractivity contribution in [3.8, 4) is 0 Å². The lowest BCUT2D eigenvalue weighted by Gasteiger charge is -2.32. The molecule has 2 atom stereocenters. The third-order valence-corrected chi connectivity index (χ3v) is 3.94. The Morgan fingerprint density at radius 3 is 2.67 bits per heavy atom. The number of halogens is 1. The van der Waals surface area contributed by atoms with Crippen LogP contribution >= 0.6 is 11.6 Å². The van der Waals surface area contributed by atoms with Crippen LogP contribution in [-0.4, -0.2) is 36.1 Å². The fraction of sp³-hybridized carbons (Fsp3) is 0.462. The van der Waals surface area contributed by atoms with Crippen molar-refractivity contribution in [3.63, 3.8) is 0 Å². The molecule has 3 rings (SSSR count). The predicted molar refractivity (Wildman–Crippen MR) is 69.7 cm³/mol. The third kappa shape index (κ3) is 1.95. The van der Waals surface area contributed by atoms with E-state index in [0.29, 0.717) is 29.4 Å². The van der Waals surface area contributed by atoms with E-state index in [1.807, 2.05) is 4.90 Å². The van der Waals surface area contributed by atoms with E-state index in [1.54, 1.807) is 18.2 Å². The molecule has 2 unspecified atom stereocenters. The number of ether oxygens (including phenoxy) is 1. The molecule has 0 aromatic heterocycles. The number of carbonyl (C=O) groups is 1. The van der Waals surface area contributed by atoms with Crippen LogP contribution in [0.15, 0.2) is 18.2 Å². The number of hydrogen-bond acceptors (Lipinski definition) is 3. The molecule has 1 aromatic carbocycles. The topological polar surface area (TPSA) is 55.6 Å². The number of carbonyl (C=O) groups excluding carboxylic acids is 1. The van der Waals surface area contributed by atoms with E-state index in [-0.39, 0.29) is 18.1 Å². The van der Waals surface area contributed by atoms with Crippen molar-refractivity contribution in [1.29, 1.82) is 0 Å². The normalized spacial score (nSPS) is 26.4. The second-order valence-corrected chi connectivity index (χ2v) is 5.28. The minimum atomic E-state index is -0.0461. The maximum atomic E-state index is 12.4. The van der Waals surface area contributed by atoms with Gasteiger partial charge in [0.2, 0.25) is 0 Å². The first-order valence-corrected chi connectivity index (χ1v) is 6.51. The van der Waals surface area contributed by atoms with Crippen molar-refractivity contribution in [2.75, 3.05) is 18.8 Å². The van der Waals surface area contributed by atoms with Crippen molar-refractivity contribution in [1.82, 2.24) is 4.90 Å². The summed E-state index contributed by atoms with van der Waals surface area (Å²) >= 11 is 5.95. The minimum Gasteiger partial charge on any atom is -0.397 e. The van der Waals surface area contributed by atoms with Gasteiger partial charge in [-0.1, -0.05) is 17.7 Å². The number of nitrogen functional groups attached to an aromatic ring is 1. The fourth-order valence-corrected chi connectivity index (χ4v) is 2.85. The van der Waals surface area contributed by atoms with Gasteiger partial charge in [0.25, 0.3) is 5.91 Å². The van der Waals surface area contributed by atoms with Crippen LogP contribution < -0.4 is 5.73 Å². The highest BCUT2D eigenvalue weighted by Crippen LogP contribution is 2.29. The van der Waals surface area contributed by atoms with Crippen LogP contribution in [0.4, 0.5) is 5.69 Å². The highest BCUT2D eigenvalue weighted by molar-refractivity contribution is 6.33. The molecule has 0 aliphatic carbocycles. The standard InChI is InChI=1S/C13H15ClN2O2/c14-11-3-1-2-10(12(11)15)13(17)16-6-8-4-5-9(7-16)18-8/h1-3,8-9H,4-7,15H2. The van der Waals surface area contributed by atoms with Crippen LogP contribution in [0.1, 0.15) is 23.2 Å². The number of para-hydroxylation sites is 1. The summed E-state index contributed by atoms with van der Waals surface area (Å²) < 4.78 is 5.72. The Bertz CT molecular complexity index is 480. The summed E-state index contributed by atoms with van der Waals surface area (Å²) in [5, 5.41) is 0.428. The fourth-order valence-electron chi connectivity index (χ4n) is 2.67. The number of benzene rings is 1. The number of anilines is 1. The largest absolute Gasteiger partial charge is 0.397 e. The minimum absolute atomic E-state index is 0.0461. The third-order valence-electron chi connectivity index (χ3n) is 3.61. The molecule has 1 aromatic rings. The van der Waals surface area contributed by atoms with E-state index in [4.69, 9.17) is 22.1 Å². The average Bonchev–Trinajstić information content (AvgIpc) is 2.71. The molecule has 0 radical (unpaired) electrons. The van der Waals surface area contributed by atoms with Gasteiger partial charge in [-0.05, 0) is 25.0 Å². The zero-order valence-electron chi connectivity index (χ0n) is 9.93. The van der Waals surface area contributed by atoms with E-state index in [2.05, 4.69) is 0 Å². The van der Waals surface area contributed by atoms with E-state index >= 15 is 0 Å². The van der Waals surface area contributed by atoms with Crippen molar-refractivity contribution in [2.45, 2.75) is 25.0 Å². The summed E-state index contributed by atoms with van der Waals surface area (Å²) in [6.07, 6.45) is 2.46. The number of hydrogen-bond donors (Lipinski definition) is 1. The number of rotatable bonds is 1. The first-order valence-electron chi connectivity index (χ1n) is 6.14. The predicted octanol–water partition coefficient (Wildman–Crippen LogP) is 1.93. The van der Waals surface area contributed by atoms with E-state index < -0.39 is 0 Å². The van der Waals surface area contributed by atoms with Gasteiger partial charge in [-0.15, -0.1) is 0 Å². The molecule has 2 N–H and O–H groups in total. The molecule has 5 heteroatoms. The van der Waals surface area contributed by atoms with E-state index in [1.165, 1.54) is 0 Å². The highest BCUT2D eigenvalue weighted by atomic mass is 35.5. The monoisotopic (exact) mass is 266 g/mol. The van der Waals surface area contributed by atoms with Gasteiger partial charge in [-0.3, -0.25) is 4.79 Å². The molecule has 2 heterocycles. The maximum absolute atomic E-state index is 12.4. The van der Waals surface area contributed by atoms with Gasteiger partial charge in [0, 0.05) is 13.1 Å². The van der Waals surface area contributed by atoms with Gasteiger partial charge in [0.05, 0.1) is 28.5 Å². The van der Waals surface area contributed by atoms with Crippen molar-refractivity contribution in [2.24, 2.45) is 0 Å². The molecule has 2 aliphatic heterocycles.